The number of carbonyl (C=O) groups excluding carboxylic acids is 2. The Hall–Kier alpha value is -3.00. The lowest BCUT2D eigenvalue weighted by Gasteiger charge is -2.31. The standard InChI is InChI=1S/C22H24N4O3S/c1-15-9-11-17(12-10-15)26(22(28)18-14-30-25-24-18)20(19-8-5-13-29-19)21(27)23-16-6-3-2-4-7-16/h5,8-14,16,20H,2-4,6-7H2,1H3,(H,23,27)/t20-/m1/s1. The van der Waals surface area contributed by atoms with Gasteiger partial charge in [-0.05, 0) is 55.6 Å². The molecule has 0 radical (unpaired) electrons. The second-order valence-corrected chi connectivity index (χ2v) is 8.17. The van der Waals surface area contributed by atoms with E-state index in [1.54, 1.807) is 17.5 Å². The first-order valence-corrected chi connectivity index (χ1v) is 11.0. The van der Waals surface area contributed by atoms with Crippen LogP contribution in [0.4, 0.5) is 5.69 Å². The Kier molecular flexibility index (Phi) is 6.23. The number of aryl methyl sites for hydroxylation is 1. The van der Waals surface area contributed by atoms with Crippen molar-refractivity contribution in [2.75, 3.05) is 4.90 Å². The number of benzene rings is 1. The number of hydrogen-bond acceptors (Lipinski definition) is 6. The molecule has 1 N–H and O–H groups in total. The van der Waals surface area contributed by atoms with E-state index in [1.807, 2.05) is 31.2 Å². The zero-order valence-electron chi connectivity index (χ0n) is 16.8. The summed E-state index contributed by atoms with van der Waals surface area (Å²) < 4.78 is 9.43. The van der Waals surface area contributed by atoms with Gasteiger partial charge in [0.1, 0.15) is 5.76 Å². The Labute approximate surface area is 179 Å². The van der Waals surface area contributed by atoms with E-state index >= 15 is 0 Å². The molecule has 3 aromatic rings. The summed E-state index contributed by atoms with van der Waals surface area (Å²) in [4.78, 5) is 28.4. The zero-order chi connectivity index (χ0) is 20.9. The number of aromatic nitrogens is 2. The fraction of sp³-hybridized carbons (Fsp3) is 0.364. The smallest absolute Gasteiger partial charge is 0.280 e. The van der Waals surface area contributed by atoms with Gasteiger partial charge in [0.2, 0.25) is 0 Å². The Morgan fingerprint density at radius 1 is 1.17 bits per heavy atom. The van der Waals surface area contributed by atoms with E-state index in [0.717, 1.165) is 42.8 Å². The van der Waals surface area contributed by atoms with Crippen LogP contribution in [0.2, 0.25) is 0 Å². The monoisotopic (exact) mass is 424 g/mol. The van der Waals surface area contributed by atoms with E-state index in [1.165, 1.54) is 17.6 Å². The van der Waals surface area contributed by atoms with Crippen molar-refractivity contribution in [1.82, 2.24) is 14.9 Å². The second kappa shape index (κ2) is 9.21. The number of nitrogens with zero attached hydrogens (tertiary/aromatic N) is 3. The third-order valence-electron chi connectivity index (χ3n) is 5.38. The lowest BCUT2D eigenvalue weighted by molar-refractivity contribution is -0.123. The fourth-order valence-electron chi connectivity index (χ4n) is 3.82. The molecule has 0 spiro atoms. The van der Waals surface area contributed by atoms with E-state index < -0.39 is 11.9 Å². The van der Waals surface area contributed by atoms with Gasteiger partial charge in [-0.3, -0.25) is 14.5 Å². The van der Waals surface area contributed by atoms with E-state index in [-0.39, 0.29) is 17.6 Å². The predicted octanol–water partition coefficient (Wildman–Crippen LogP) is 4.28. The van der Waals surface area contributed by atoms with Crippen molar-refractivity contribution in [2.45, 2.75) is 51.1 Å². The molecule has 2 aromatic heterocycles. The van der Waals surface area contributed by atoms with Gasteiger partial charge in [-0.15, -0.1) is 5.10 Å². The Morgan fingerprint density at radius 3 is 2.57 bits per heavy atom. The molecule has 1 fully saturated rings. The molecule has 1 aromatic carbocycles. The van der Waals surface area contributed by atoms with Crippen LogP contribution in [-0.4, -0.2) is 27.4 Å². The average Bonchev–Trinajstić information content (AvgIpc) is 3.47. The van der Waals surface area contributed by atoms with Crippen molar-refractivity contribution in [3.63, 3.8) is 0 Å². The van der Waals surface area contributed by atoms with Gasteiger partial charge in [0.25, 0.3) is 11.8 Å². The van der Waals surface area contributed by atoms with E-state index in [0.29, 0.717) is 11.4 Å². The number of amides is 2. The third kappa shape index (κ3) is 4.43. The number of rotatable bonds is 6. The quantitative estimate of drug-likeness (QED) is 0.638. The van der Waals surface area contributed by atoms with Crippen LogP contribution in [0.1, 0.15) is 60.0 Å². The van der Waals surface area contributed by atoms with Crippen molar-refractivity contribution in [1.29, 1.82) is 0 Å². The highest BCUT2D eigenvalue weighted by Gasteiger charge is 2.37. The van der Waals surface area contributed by atoms with E-state index in [9.17, 15) is 9.59 Å². The number of anilines is 1. The average molecular weight is 425 g/mol. The minimum Gasteiger partial charge on any atom is -0.467 e. The predicted molar refractivity (Wildman–Crippen MR) is 114 cm³/mol. The zero-order valence-corrected chi connectivity index (χ0v) is 17.6. The van der Waals surface area contributed by atoms with Crippen molar-refractivity contribution in [3.05, 3.63) is 65.1 Å². The van der Waals surface area contributed by atoms with Gasteiger partial charge in [-0.2, -0.15) is 0 Å². The summed E-state index contributed by atoms with van der Waals surface area (Å²) in [5, 5.41) is 8.66. The van der Waals surface area contributed by atoms with Crippen LogP contribution < -0.4 is 10.2 Å². The normalized spacial score (nSPS) is 15.5. The molecule has 0 saturated heterocycles. The van der Waals surface area contributed by atoms with Gasteiger partial charge < -0.3 is 9.73 Å². The first kappa shape index (κ1) is 20.3. The van der Waals surface area contributed by atoms with Crippen LogP contribution in [0.25, 0.3) is 0 Å². The largest absolute Gasteiger partial charge is 0.467 e. The molecule has 30 heavy (non-hydrogen) atoms. The highest BCUT2D eigenvalue weighted by atomic mass is 32.1. The molecule has 0 unspecified atom stereocenters. The van der Waals surface area contributed by atoms with Crippen molar-refractivity contribution in [2.24, 2.45) is 0 Å². The molecular formula is C22H24N4O3S. The Bertz CT molecular complexity index is 965. The van der Waals surface area contributed by atoms with Crippen LogP contribution >= 0.6 is 11.5 Å². The summed E-state index contributed by atoms with van der Waals surface area (Å²) in [7, 11) is 0. The van der Waals surface area contributed by atoms with Crippen LogP contribution in [0.3, 0.4) is 0 Å². The molecule has 2 heterocycles. The van der Waals surface area contributed by atoms with Crippen LogP contribution in [0, 0.1) is 6.92 Å². The highest BCUT2D eigenvalue weighted by molar-refractivity contribution is 7.03. The van der Waals surface area contributed by atoms with Crippen LogP contribution in [-0.2, 0) is 4.79 Å². The highest BCUT2D eigenvalue weighted by Crippen LogP contribution is 2.31. The van der Waals surface area contributed by atoms with Gasteiger partial charge in [-0.1, -0.05) is 41.4 Å². The summed E-state index contributed by atoms with van der Waals surface area (Å²) in [5.41, 5.74) is 1.85. The van der Waals surface area contributed by atoms with Crippen LogP contribution in [0.5, 0.6) is 0 Å². The Morgan fingerprint density at radius 2 is 1.93 bits per heavy atom. The molecule has 1 aliphatic rings. The first-order chi connectivity index (χ1) is 14.6. The maximum absolute atomic E-state index is 13.5. The minimum absolute atomic E-state index is 0.111. The number of hydrogen-bond donors (Lipinski definition) is 1. The summed E-state index contributed by atoms with van der Waals surface area (Å²) in [6.07, 6.45) is 6.80. The van der Waals surface area contributed by atoms with Gasteiger partial charge >= 0.3 is 0 Å². The molecular weight excluding hydrogens is 400 g/mol. The summed E-state index contributed by atoms with van der Waals surface area (Å²) in [6.45, 7) is 1.97. The number of furan rings is 1. The maximum Gasteiger partial charge on any atom is 0.280 e. The van der Waals surface area contributed by atoms with Crippen LogP contribution in [0.15, 0.2) is 52.5 Å². The molecule has 7 nitrogen and oxygen atoms in total. The van der Waals surface area contributed by atoms with Crippen molar-refractivity contribution in [3.8, 4) is 0 Å². The minimum atomic E-state index is -0.946. The van der Waals surface area contributed by atoms with Gasteiger partial charge in [0.15, 0.2) is 11.7 Å². The molecule has 8 heteroatoms. The lowest BCUT2D eigenvalue weighted by Crippen LogP contribution is -2.47. The third-order valence-corrected chi connectivity index (χ3v) is 5.89. The van der Waals surface area contributed by atoms with Gasteiger partial charge in [0.05, 0.1) is 6.26 Å². The SMILES string of the molecule is Cc1ccc(N(C(=O)c2csnn2)[C@@H](C(=O)NC2CCCCC2)c2ccco2)cc1. The number of nitrogens with one attached hydrogen (secondary N) is 1. The molecule has 156 valence electrons. The van der Waals surface area contributed by atoms with E-state index in [2.05, 4.69) is 14.9 Å². The number of carbonyl (C=O) groups is 2. The molecule has 2 amide bonds. The van der Waals surface area contributed by atoms with Gasteiger partial charge in [-0.25, -0.2) is 0 Å². The van der Waals surface area contributed by atoms with Crippen molar-refractivity contribution < 1.29 is 14.0 Å². The first-order valence-electron chi connectivity index (χ1n) is 10.1. The van der Waals surface area contributed by atoms with Crippen molar-refractivity contribution >= 4 is 29.0 Å². The summed E-state index contributed by atoms with van der Waals surface area (Å²) >= 11 is 1.10. The van der Waals surface area contributed by atoms with Gasteiger partial charge in [0, 0.05) is 17.1 Å². The molecule has 1 aliphatic carbocycles. The maximum atomic E-state index is 13.5. The summed E-state index contributed by atoms with van der Waals surface area (Å²) in [6, 6.07) is 10.1. The molecule has 1 atom stereocenters. The molecule has 0 bridgehead atoms. The molecule has 1 saturated carbocycles. The van der Waals surface area contributed by atoms with E-state index in [4.69, 9.17) is 4.42 Å². The molecule has 4 rings (SSSR count). The Balaban J connectivity index is 1.73. The summed E-state index contributed by atoms with van der Waals surface area (Å²) in [5.74, 6) is -0.248. The molecule has 0 aliphatic heterocycles. The topological polar surface area (TPSA) is 88.3 Å². The lowest BCUT2D eigenvalue weighted by atomic mass is 9.95. The second-order valence-electron chi connectivity index (χ2n) is 7.56. The fourth-order valence-corrected chi connectivity index (χ4v) is 4.25.